The van der Waals surface area contributed by atoms with Crippen LogP contribution in [0, 0.1) is 0 Å². The molecule has 0 aliphatic carbocycles. The van der Waals surface area contributed by atoms with Crippen LogP contribution in [0.4, 0.5) is 0 Å². The van der Waals surface area contributed by atoms with E-state index in [0.29, 0.717) is 12.2 Å². The van der Waals surface area contributed by atoms with Crippen LogP contribution in [0.3, 0.4) is 0 Å². The monoisotopic (exact) mass is 256 g/mol. The molecule has 4 heteroatoms. The molecule has 2 aliphatic heterocycles. The Labute approximate surface area is 112 Å². The van der Waals surface area contributed by atoms with Gasteiger partial charge in [-0.1, -0.05) is 0 Å². The number of hydrogen-bond donors (Lipinski definition) is 1. The minimum Gasteiger partial charge on any atom is -0.373 e. The Morgan fingerprint density at radius 1 is 1.24 bits per heavy atom. The molecule has 17 heavy (non-hydrogen) atoms. The molecular weight excluding hydrogens is 216 g/mol. The SMILES string of the molecule is [3H]N1CC(C)OC(CCN2CC(C)OC(C)C2)C1.[3H][3H].[3H][3H]. The molecule has 0 spiro atoms. The van der Waals surface area contributed by atoms with Gasteiger partial charge >= 0.3 is 0 Å². The van der Waals surface area contributed by atoms with Crippen LogP contribution in [-0.4, -0.2) is 62.0 Å². The molecule has 4 nitrogen and oxygen atoms in total. The average molecular weight is 256 g/mol. The first-order valence-corrected chi connectivity index (χ1v) is 6.80. The minimum atomic E-state index is 0.184. The van der Waals surface area contributed by atoms with Gasteiger partial charge < -0.3 is 14.8 Å². The molecular formula is C13H30N2O2. The highest BCUT2D eigenvalue weighted by Crippen LogP contribution is 2.13. The number of morpholine rings is 2. The van der Waals surface area contributed by atoms with Gasteiger partial charge in [-0.3, -0.25) is 4.90 Å². The van der Waals surface area contributed by atoms with Crippen molar-refractivity contribution in [3.05, 3.63) is 0 Å². The second-order valence-electron chi connectivity index (χ2n) is 5.46. The van der Waals surface area contributed by atoms with Gasteiger partial charge in [0.25, 0.3) is 0 Å². The molecule has 0 amide bonds. The number of hydrogen-bond acceptors (Lipinski definition) is 4. The highest BCUT2D eigenvalue weighted by Gasteiger charge is 2.24. The quantitative estimate of drug-likeness (QED) is 0.826. The molecule has 4 unspecified atom stereocenters. The highest BCUT2D eigenvalue weighted by molar-refractivity contribution is 4.77. The summed E-state index contributed by atoms with van der Waals surface area (Å²) in [6.45, 7) is 10.8. The van der Waals surface area contributed by atoms with E-state index in [1.54, 1.807) is 5.31 Å². The fourth-order valence-corrected chi connectivity index (χ4v) is 2.77. The summed E-state index contributed by atoms with van der Waals surface area (Å²) in [7, 11) is 0. The molecule has 2 aliphatic rings. The zero-order valence-electron chi connectivity index (χ0n) is 16.3. The van der Waals surface area contributed by atoms with E-state index in [0.717, 1.165) is 39.1 Å². The summed E-state index contributed by atoms with van der Waals surface area (Å²) in [5, 5.41) is 1.63. The van der Waals surface area contributed by atoms with Gasteiger partial charge in [0.15, 0.2) is 0 Å². The van der Waals surface area contributed by atoms with Crippen molar-refractivity contribution >= 4 is 0 Å². The van der Waals surface area contributed by atoms with Crippen molar-refractivity contribution < 1.29 is 16.8 Å². The van der Waals surface area contributed by atoms with Crippen LogP contribution in [-0.2, 0) is 9.47 Å². The van der Waals surface area contributed by atoms with Crippen molar-refractivity contribution in [1.82, 2.24) is 10.2 Å². The Morgan fingerprint density at radius 3 is 2.59 bits per heavy atom. The van der Waals surface area contributed by atoms with Crippen LogP contribution in [0.2, 0.25) is 1.41 Å². The van der Waals surface area contributed by atoms with Crippen molar-refractivity contribution in [2.45, 2.75) is 51.6 Å². The molecule has 0 bridgehead atoms. The molecule has 2 fully saturated rings. The van der Waals surface area contributed by atoms with E-state index in [2.05, 4.69) is 18.7 Å². The van der Waals surface area contributed by atoms with Crippen molar-refractivity contribution in [3.63, 3.8) is 0 Å². The Balaban J connectivity index is 0.00000102. The first kappa shape index (κ1) is 9.73. The van der Waals surface area contributed by atoms with Crippen molar-refractivity contribution in [3.8, 4) is 0 Å². The number of ether oxygens (including phenoxy) is 2. The normalized spacial score (nSPS) is 43.4. The average Bonchev–Trinajstić information content (AvgIpc) is 2.47. The van der Waals surface area contributed by atoms with Gasteiger partial charge in [-0.05, 0) is 27.2 Å². The van der Waals surface area contributed by atoms with Gasteiger partial charge in [-0.15, -0.1) is 0 Å². The highest BCUT2D eigenvalue weighted by atomic mass is 16.5. The zero-order valence-corrected chi connectivity index (χ0v) is 11.3. The fourth-order valence-electron chi connectivity index (χ4n) is 2.77. The maximum Gasteiger partial charge on any atom is 0.122 e. The Morgan fingerprint density at radius 2 is 1.94 bits per heavy atom. The lowest BCUT2D eigenvalue weighted by molar-refractivity contribution is -0.0773. The van der Waals surface area contributed by atoms with Crippen LogP contribution in [0.1, 0.15) is 33.1 Å². The second-order valence-corrected chi connectivity index (χ2v) is 5.46. The summed E-state index contributed by atoms with van der Waals surface area (Å²) in [6, 6.07) is 0. The lowest BCUT2D eigenvalue weighted by Gasteiger charge is -2.36. The largest absolute Gasteiger partial charge is 0.373 e. The van der Waals surface area contributed by atoms with Gasteiger partial charge in [0, 0.05) is 38.7 Å². The fraction of sp³-hybridized carbons (Fsp3) is 1.00. The molecule has 1 N–H and O–H groups in total. The molecule has 104 valence electrons. The van der Waals surface area contributed by atoms with Gasteiger partial charge in [-0.25, -0.2) is 0 Å². The van der Waals surface area contributed by atoms with E-state index in [1.807, 2.05) is 6.92 Å². The van der Waals surface area contributed by atoms with E-state index in [-0.39, 0.29) is 12.2 Å². The summed E-state index contributed by atoms with van der Waals surface area (Å²) >= 11 is 0. The first-order valence-electron chi connectivity index (χ1n) is 9.24. The molecule has 0 saturated carbocycles. The Kier molecular flexibility index (Phi) is 3.51. The summed E-state index contributed by atoms with van der Waals surface area (Å²) < 4.78 is 39.4. The van der Waals surface area contributed by atoms with E-state index in [1.165, 1.54) is 0 Å². The minimum absolute atomic E-state index is 0.184. The van der Waals surface area contributed by atoms with Crippen molar-refractivity contribution in [2.75, 3.05) is 32.7 Å². The summed E-state index contributed by atoms with van der Waals surface area (Å²) in [4.78, 5) is 2.45. The topological polar surface area (TPSA) is 33.7 Å². The third kappa shape index (κ3) is 4.21. The van der Waals surface area contributed by atoms with Crippen molar-refractivity contribution in [1.29, 1.82) is 0 Å². The van der Waals surface area contributed by atoms with Crippen LogP contribution >= 0.6 is 0 Å². The predicted octanol–water partition coefficient (Wildman–Crippen LogP) is 1.35. The summed E-state index contributed by atoms with van der Waals surface area (Å²) in [5.41, 5.74) is 0. The Bertz CT molecular complexity index is 233. The van der Waals surface area contributed by atoms with Gasteiger partial charge in [0.2, 0.25) is 0 Å². The van der Waals surface area contributed by atoms with E-state index in [4.69, 9.17) is 16.8 Å². The molecule has 2 heterocycles. The van der Waals surface area contributed by atoms with Gasteiger partial charge in [-0.2, -0.15) is 0 Å². The van der Waals surface area contributed by atoms with E-state index in [9.17, 15) is 0 Å². The zero-order chi connectivity index (χ0) is 17.1. The predicted molar refractivity (Wildman–Crippen MR) is 72.5 cm³/mol. The first-order chi connectivity index (χ1) is 10.5. The van der Waals surface area contributed by atoms with E-state index < -0.39 is 0 Å². The molecule has 0 aromatic heterocycles. The van der Waals surface area contributed by atoms with Crippen LogP contribution in [0.25, 0.3) is 0 Å². The maximum absolute atomic E-state index is 7.74. The standard InChI is InChI=1S/C13H26N2O2.2H2/c1-10-6-14-7-13(17-10)4-5-15-8-11(2)16-12(3)9-15;;/h10-14H,4-9H2,1-3H3;2*1H/i;2*1+2T/hT. The molecule has 2 saturated heterocycles. The third-order valence-electron chi connectivity index (χ3n) is 3.41. The molecule has 2 rings (SSSR count). The van der Waals surface area contributed by atoms with Gasteiger partial charge in [0.05, 0.1) is 24.4 Å². The third-order valence-corrected chi connectivity index (χ3v) is 3.41. The van der Waals surface area contributed by atoms with Crippen LogP contribution in [0.15, 0.2) is 0 Å². The maximum atomic E-state index is 7.74. The lowest BCUT2D eigenvalue weighted by atomic mass is 10.1. The summed E-state index contributed by atoms with van der Waals surface area (Å²) in [5.74, 6) is 0. The van der Waals surface area contributed by atoms with E-state index >= 15 is 0 Å². The molecule has 0 radical (unpaired) electrons. The molecule has 0 aromatic rings. The summed E-state index contributed by atoms with van der Waals surface area (Å²) in [6.07, 6.45) is 2.06. The van der Waals surface area contributed by atoms with Crippen LogP contribution in [0.5, 0.6) is 0 Å². The lowest BCUT2D eigenvalue weighted by Crippen LogP contribution is -2.48. The van der Waals surface area contributed by atoms with Crippen LogP contribution < -0.4 is 5.31 Å². The molecule has 4 atom stereocenters. The number of nitrogens with zero attached hydrogens (tertiary/aromatic N) is 1. The Hall–Kier alpha value is -0.160. The van der Waals surface area contributed by atoms with Crippen molar-refractivity contribution in [2.24, 2.45) is 0 Å². The number of nitrogens with one attached hydrogen (secondary N) is 1. The second kappa shape index (κ2) is 6.14. The van der Waals surface area contributed by atoms with Gasteiger partial charge in [0.1, 0.15) is 1.41 Å². The molecule has 0 aromatic carbocycles. The number of rotatable bonds is 3. The smallest absolute Gasteiger partial charge is 0.122 e.